The van der Waals surface area contributed by atoms with E-state index in [1.807, 2.05) is 48.5 Å². The van der Waals surface area contributed by atoms with E-state index >= 15 is 0 Å². The molecule has 0 unspecified atom stereocenters. The Morgan fingerprint density at radius 2 is 0.661 bits per heavy atom. The SMILES string of the molecule is C/C(=N\N=C(/C)c1ccccc1O)c1ccccc1O.C/C(=N\NC(=O)COc1ccccc1)c1ccccc1O.C/C(=N\NC(=O)COc1ccccc1)c1ccccc1O. The minimum absolute atomic E-state index is 0.119. The van der Waals surface area contributed by atoms with Gasteiger partial charge in [0.2, 0.25) is 0 Å². The van der Waals surface area contributed by atoms with E-state index in [-0.39, 0.29) is 48.0 Å². The second-order valence-electron chi connectivity index (χ2n) is 13.1. The first-order valence-corrected chi connectivity index (χ1v) is 19.2. The molecule has 0 heterocycles. The van der Waals surface area contributed by atoms with E-state index < -0.39 is 0 Å². The first kappa shape index (κ1) is 46.4. The Balaban J connectivity index is 0.000000205. The molecule has 0 aliphatic rings. The molecule has 6 N–H and O–H groups in total. The molecular formula is C48H48N6O8. The van der Waals surface area contributed by atoms with E-state index in [0.29, 0.717) is 56.6 Å². The standard InChI is InChI=1S/2C16H16N2O3.C16H16N2O2/c2*1-12(14-9-5-6-10-15(14)19)17-18-16(20)11-21-13-7-3-2-4-8-13;1-11(13-7-3-5-9-15(13)19)17-18-12(2)14-8-4-6-10-16(14)20/h2*2-10,19H,11H2,1H3,(H,18,20);3-10,19-20H,1-2H3/b2*17-12+;17-11+,18-12+. The summed E-state index contributed by atoms with van der Waals surface area (Å²) in [6.45, 7) is 6.71. The second kappa shape index (κ2) is 24.6. The normalized spacial score (nSPS) is 11.5. The molecule has 2 amide bonds. The Kier molecular flexibility index (Phi) is 18.4. The highest BCUT2D eigenvalue weighted by Crippen LogP contribution is 2.20. The van der Waals surface area contributed by atoms with Crippen molar-refractivity contribution in [3.05, 3.63) is 180 Å². The number of nitrogens with zero attached hydrogens (tertiary/aromatic N) is 4. The van der Waals surface area contributed by atoms with Gasteiger partial charge < -0.3 is 29.9 Å². The molecule has 0 aliphatic carbocycles. The molecule has 14 heteroatoms. The molecular weight excluding hydrogens is 789 g/mol. The largest absolute Gasteiger partial charge is 0.507 e. The van der Waals surface area contributed by atoms with Crippen LogP contribution in [-0.2, 0) is 9.59 Å². The lowest BCUT2D eigenvalue weighted by atomic mass is 10.1. The molecule has 6 rings (SSSR count). The Hall–Kier alpha value is -8.26. The van der Waals surface area contributed by atoms with Crippen LogP contribution in [0.5, 0.6) is 34.5 Å². The summed E-state index contributed by atoms with van der Waals surface area (Å²) in [4.78, 5) is 23.3. The third-order valence-electron chi connectivity index (χ3n) is 8.45. The highest BCUT2D eigenvalue weighted by Gasteiger charge is 2.08. The zero-order chi connectivity index (χ0) is 44.7. The van der Waals surface area contributed by atoms with Crippen LogP contribution in [0.3, 0.4) is 0 Å². The summed E-state index contributed by atoms with van der Waals surface area (Å²) in [7, 11) is 0. The Labute approximate surface area is 359 Å². The van der Waals surface area contributed by atoms with Crippen molar-refractivity contribution in [1.29, 1.82) is 0 Å². The zero-order valence-corrected chi connectivity index (χ0v) is 34.6. The van der Waals surface area contributed by atoms with Gasteiger partial charge in [0.1, 0.15) is 34.5 Å². The number of carbonyl (C=O) groups excluding carboxylic acids is 2. The van der Waals surface area contributed by atoms with Crippen molar-refractivity contribution in [2.75, 3.05) is 13.2 Å². The predicted octanol–water partition coefficient (Wildman–Crippen LogP) is 7.95. The molecule has 14 nitrogen and oxygen atoms in total. The molecule has 0 fully saturated rings. The lowest BCUT2D eigenvalue weighted by molar-refractivity contribution is -0.123. The second-order valence-corrected chi connectivity index (χ2v) is 13.1. The van der Waals surface area contributed by atoms with E-state index in [4.69, 9.17) is 9.47 Å². The molecule has 6 aromatic rings. The summed E-state index contributed by atoms with van der Waals surface area (Å²) in [6.07, 6.45) is 0. The van der Waals surface area contributed by atoms with E-state index in [0.717, 1.165) is 0 Å². The number of rotatable bonds is 13. The van der Waals surface area contributed by atoms with Crippen LogP contribution in [0.2, 0.25) is 0 Å². The maximum atomic E-state index is 11.6. The van der Waals surface area contributed by atoms with Gasteiger partial charge in [0.15, 0.2) is 13.2 Å². The molecule has 0 radical (unpaired) electrons. The Morgan fingerprint density at radius 3 is 0.952 bits per heavy atom. The Bertz CT molecular complexity index is 2330. The van der Waals surface area contributed by atoms with Gasteiger partial charge in [0.05, 0.1) is 22.8 Å². The number of hydrogen-bond donors (Lipinski definition) is 6. The van der Waals surface area contributed by atoms with Gasteiger partial charge in [-0.1, -0.05) is 84.9 Å². The lowest BCUT2D eigenvalue weighted by Crippen LogP contribution is -2.25. The molecule has 0 atom stereocenters. The fraction of sp³-hybridized carbons (Fsp3) is 0.125. The fourth-order valence-corrected chi connectivity index (χ4v) is 5.18. The summed E-state index contributed by atoms with van der Waals surface area (Å²) < 4.78 is 10.6. The molecule has 0 spiro atoms. The molecule has 0 saturated heterocycles. The van der Waals surface area contributed by atoms with E-state index in [1.165, 1.54) is 0 Å². The van der Waals surface area contributed by atoms with Crippen LogP contribution < -0.4 is 20.3 Å². The van der Waals surface area contributed by atoms with Crippen LogP contribution >= 0.6 is 0 Å². The molecule has 62 heavy (non-hydrogen) atoms. The van der Waals surface area contributed by atoms with Crippen molar-refractivity contribution < 1.29 is 39.5 Å². The van der Waals surface area contributed by atoms with E-state index in [1.54, 1.807) is 137 Å². The van der Waals surface area contributed by atoms with Gasteiger partial charge in [-0.3, -0.25) is 9.59 Å². The van der Waals surface area contributed by atoms with Crippen LogP contribution in [0, 0.1) is 0 Å². The van der Waals surface area contributed by atoms with Crippen LogP contribution in [0.4, 0.5) is 0 Å². The minimum Gasteiger partial charge on any atom is -0.507 e. The number of nitrogens with one attached hydrogen (secondary N) is 2. The summed E-state index contributed by atoms with van der Waals surface area (Å²) in [5.74, 6) is 1.08. The highest BCUT2D eigenvalue weighted by molar-refractivity contribution is 6.04. The van der Waals surface area contributed by atoms with Crippen molar-refractivity contribution in [2.45, 2.75) is 27.7 Å². The van der Waals surface area contributed by atoms with Crippen molar-refractivity contribution in [3.8, 4) is 34.5 Å². The van der Waals surface area contributed by atoms with Crippen molar-refractivity contribution in [2.24, 2.45) is 20.4 Å². The molecule has 318 valence electrons. The van der Waals surface area contributed by atoms with Gasteiger partial charge in [0.25, 0.3) is 11.8 Å². The molecule has 0 bridgehead atoms. The Morgan fingerprint density at radius 1 is 0.403 bits per heavy atom. The van der Waals surface area contributed by atoms with Gasteiger partial charge in [0, 0.05) is 22.3 Å². The number of para-hydroxylation sites is 6. The number of carbonyl (C=O) groups is 2. The van der Waals surface area contributed by atoms with E-state index in [9.17, 15) is 30.0 Å². The van der Waals surface area contributed by atoms with Gasteiger partial charge in [-0.25, -0.2) is 10.9 Å². The maximum absolute atomic E-state index is 11.6. The summed E-state index contributed by atoms with van der Waals surface area (Å²) in [5, 5.41) is 54.9. The van der Waals surface area contributed by atoms with Crippen molar-refractivity contribution in [3.63, 3.8) is 0 Å². The molecule has 0 saturated carbocycles. The summed E-state index contributed by atoms with van der Waals surface area (Å²) in [5.41, 5.74) is 9.45. The van der Waals surface area contributed by atoms with Crippen molar-refractivity contribution in [1.82, 2.24) is 10.9 Å². The third-order valence-corrected chi connectivity index (χ3v) is 8.45. The summed E-state index contributed by atoms with van der Waals surface area (Å²) in [6, 6.07) is 45.6. The molecule has 6 aromatic carbocycles. The predicted molar refractivity (Wildman–Crippen MR) is 241 cm³/mol. The number of hydrazone groups is 2. The number of phenols is 4. The van der Waals surface area contributed by atoms with Crippen molar-refractivity contribution >= 4 is 34.7 Å². The topological polar surface area (TPSA) is 207 Å². The average molecular weight is 837 g/mol. The van der Waals surface area contributed by atoms with Gasteiger partial charge in [-0.15, -0.1) is 0 Å². The highest BCUT2D eigenvalue weighted by atomic mass is 16.5. The smallest absolute Gasteiger partial charge is 0.277 e. The number of ether oxygens (including phenoxy) is 2. The van der Waals surface area contributed by atoms with Gasteiger partial charge >= 0.3 is 0 Å². The van der Waals surface area contributed by atoms with Gasteiger partial charge in [-0.05, 0) is 100 Å². The first-order chi connectivity index (χ1) is 29.9. The zero-order valence-electron chi connectivity index (χ0n) is 34.6. The number of phenolic OH excluding ortho intramolecular Hbond substituents is 4. The third kappa shape index (κ3) is 15.5. The average Bonchev–Trinajstić information content (AvgIpc) is 3.29. The number of amides is 2. The lowest BCUT2D eigenvalue weighted by Gasteiger charge is -2.06. The molecule has 0 aliphatic heterocycles. The minimum atomic E-state index is -0.367. The number of aromatic hydroxyl groups is 4. The number of benzene rings is 6. The van der Waals surface area contributed by atoms with Crippen LogP contribution in [0.25, 0.3) is 0 Å². The quantitative estimate of drug-likeness (QED) is 0.0496. The summed E-state index contributed by atoms with van der Waals surface area (Å²) >= 11 is 0. The monoisotopic (exact) mass is 836 g/mol. The van der Waals surface area contributed by atoms with E-state index in [2.05, 4.69) is 31.3 Å². The van der Waals surface area contributed by atoms with Crippen LogP contribution in [-0.4, -0.2) is 68.3 Å². The van der Waals surface area contributed by atoms with Crippen LogP contribution in [0.1, 0.15) is 49.9 Å². The van der Waals surface area contributed by atoms with Crippen LogP contribution in [0.15, 0.2) is 178 Å². The maximum Gasteiger partial charge on any atom is 0.277 e. The fourth-order valence-electron chi connectivity index (χ4n) is 5.18. The van der Waals surface area contributed by atoms with Gasteiger partial charge in [-0.2, -0.15) is 20.4 Å². The number of hydrogen-bond acceptors (Lipinski definition) is 12. The first-order valence-electron chi connectivity index (χ1n) is 19.2. The molecule has 0 aromatic heterocycles.